The molecule has 5 heteroatoms. The van der Waals surface area contributed by atoms with Crippen LogP contribution in [0.1, 0.15) is 10.4 Å². The molecule has 0 atom stereocenters. The molecule has 2 aromatic rings. The first kappa shape index (κ1) is 12.9. The van der Waals surface area contributed by atoms with E-state index in [1.807, 2.05) is 0 Å². The van der Waals surface area contributed by atoms with Gasteiger partial charge in [-0.25, -0.2) is 0 Å². The van der Waals surface area contributed by atoms with Crippen LogP contribution in [0.5, 0.6) is 5.75 Å². The van der Waals surface area contributed by atoms with Gasteiger partial charge < -0.3 is 15.4 Å². The minimum absolute atomic E-state index is 0.156. The molecule has 0 saturated heterocycles. The molecule has 0 unspecified atom stereocenters. The zero-order chi connectivity index (χ0) is 13.8. The number of methoxy groups -OCH3 is 1. The number of nitrogens with two attached hydrogens (primary N) is 1. The van der Waals surface area contributed by atoms with Crippen LogP contribution in [0.15, 0.2) is 42.7 Å². The maximum absolute atomic E-state index is 12.4. The van der Waals surface area contributed by atoms with Crippen LogP contribution in [0.2, 0.25) is 0 Å². The van der Waals surface area contributed by atoms with Gasteiger partial charge in [-0.05, 0) is 24.3 Å². The summed E-state index contributed by atoms with van der Waals surface area (Å²) in [5.74, 6) is 0.406. The fraction of sp³-hybridized carbons (Fsp3) is 0.143. The smallest absolute Gasteiger partial charge is 0.258 e. The molecule has 0 radical (unpaired) electrons. The molecule has 2 rings (SSSR count). The Morgan fingerprint density at radius 3 is 2.58 bits per heavy atom. The predicted octanol–water partition coefficient (Wildman–Crippen LogP) is 1.95. The third-order valence-corrected chi connectivity index (χ3v) is 2.77. The number of hydrogen-bond acceptors (Lipinski definition) is 4. The molecule has 1 aromatic heterocycles. The second-order valence-electron chi connectivity index (χ2n) is 4.06. The number of pyridine rings is 1. The molecule has 0 fully saturated rings. The highest BCUT2D eigenvalue weighted by Gasteiger charge is 2.14. The molecule has 1 heterocycles. The number of benzene rings is 1. The third kappa shape index (κ3) is 2.82. The first-order chi connectivity index (χ1) is 9.11. The van der Waals surface area contributed by atoms with Crippen molar-refractivity contribution in [3.63, 3.8) is 0 Å². The van der Waals surface area contributed by atoms with Gasteiger partial charge in [-0.3, -0.25) is 9.78 Å². The molecule has 98 valence electrons. The lowest BCUT2D eigenvalue weighted by Gasteiger charge is -2.17. The molecular weight excluding hydrogens is 242 g/mol. The standard InChI is InChI=1S/C14H15N3O2/c1-17(12-3-5-16-6-4-12)14(18)10-7-11(15)9-13(8-10)19-2/h3-9H,15H2,1-2H3. The van der Waals surface area contributed by atoms with Crippen LogP contribution >= 0.6 is 0 Å². The Morgan fingerprint density at radius 1 is 1.26 bits per heavy atom. The van der Waals surface area contributed by atoms with Gasteiger partial charge in [-0.15, -0.1) is 0 Å². The third-order valence-electron chi connectivity index (χ3n) is 2.77. The molecule has 19 heavy (non-hydrogen) atoms. The number of carbonyl (C=O) groups is 1. The average Bonchev–Trinajstić information content (AvgIpc) is 2.46. The summed E-state index contributed by atoms with van der Waals surface area (Å²) in [6, 6.07) is 8.49. The van der Waals surface area contributed by atoms with Crippen LogP contribution < -0.4 is 15.4 Å². The number of ether oxygens (including phenoxy) is 1. The first-order valence-corrected chi connectivity index (χ1v) is 5.74. The minimum Gasteiger partial charge on any atom is -0.497 e. The maximum Gasteiger partial charge on any atom is 0.258 e. The minimum atomic E-state index is -0.156. The highest BCUT2D eigenvalue weighted by atomic mass is 16.5. The quantitative estimate of drug-likeness (QED) is 0.853. The Kier molecular flexibility index (Phi) is 3.66. The van der Waals surface area contributed by atoms with Crippen molar-refractivity contribution in [1.82, 2.24) is 4.98 Å². The first-order valence-electron chi connectivity index (χ1n) is 5.74. The van der Waals surface area contributed by atoms with Crippen LogP contribution in [0.25, 0.3) is 0 Å². The molecule has 0 aliphatic rings. The van der Waals surface area contributed by atoms with E-state index in [1.165, 1.54) is 12.0 Å². The van der Waals surface area contributed by atoms with Gasteiger partial charge >= 0.3 is 0 Å². The molecule has 0 aliphatic heterocycles. The Hall–Kier alpha value is -2.56. The lowest BCUT2D eigenvalue weighted by Crippen LogP contribution is -2.26. The van der Waals surface area contributed by atoms with Crippen molar-refractivity contribution in [3.05, 3.63) is 48.3 Å². The summed E-state index contributed by atoms with van der Waals surface area (Å²) >= 11 is 0. The second-order valence-corrected chi connectivity index (χ2v) is 4.06. The summed E-state index contributed by atoms with van der Waals surface area (Å²) in [5, 5.41) is 0. The normalized spacial score (nSPS) is 10.0. The van der Waals surface area contributed by atoms with E-state index in [4.69, 9.17) is 10.5 Å². The van der Waals surface area contributed by atoms with Crippen molar-refractivity contribution in [2.45, 2.75) is 0 Å². The van der Waals surface area contributed by atoms with E-state index in [9.17, 15) is 4.79 Å². The molecule has 0 aliphatic carbocycles. The molecule has 1 amide bonds. The Balaban J connectivity index is 2.31. The zero-order valence-electron chi connectivity index (χ0n) is 10.8. The van der Waals surface area contributed by atoms with Gasteiger partial charge in [0.2, 0.25) is 0 Å². The summed E-state index contributed by atoms with van der Waals surface area (Å²) in [6.07, 6.45) is 3.28. The van der Waals surface area contributed by atoms with Crippen molar-refractivity contribution < 1.29 is 9.53 Å². The van der Waals surface area contributed by atoms with Gasteiger partial charge in [-0.1, -0.05) is 0 Å². The number of amides is 1. The van der Waals surface area contributed by atoms with Gasteiger partial charge in [0.05, 0.1) is 7.11 Å². The second kappa shape index (κ2) is 5.39. The Labute approximate surface area is 111 Å². The maximum atomic E-state index is 12.4. The highest BCUT2D eigenvalue weighted by molar-refractivity contribution is 6.06. The monoisotopic (exact) mass is 257 g/mol. The van der Waals surface area contributed by atoms with Crippen LogP contribution in [0.3, 0.4) is 0 Å². The van der Waals surface area contributed by atoms with Crippen molar-refractivity contribution in [2.24, 2.45) is 0 Å². The van der Waals surface area contributed by atoms with Crippen molar-refractivity contribution in [3.8, 4) is 5.75 Å². The zero-order valence-corrected chi connectivity index (χ0v) is 10.8. The van der Waals surface area contributed by atoms with Gasteiger partial charge in [0.1, 0.15) is 5.75 Å². The number of nitrogen functional groups attached to an aromatic ring is 1. The highest BCUT2D eigenvalue weighted by Crippen LogP contribution is 2.21. The molecule has 1 aromatic carbocycles. The fourth-order valence-electron chi connectivity index (χ4n) is 1.74. The number of carbonyl (C=O) groups excluding carboxylic acids is 1. The number of rotatable bonds is 3. The van der Waals surface area contributed by atoms with E-state index in [0.29, 0.717) is 17.0 Å². The summed E-state index contributed by atoms with van der Waals surface area (Å²) in [4.78, 5) is 17.8. The van der Waals surface area contributed by atoms with Crippen molar-refractivity contribution >= 4 is 17.3 Å². The largest absolute Gasteiger partial charge is 0.497 e. The SMILES string of the molecule is COc1cc(N)cc(C(=O)N(C)c2ccncc2)c1. The number of nitrogens with zero attached hydrogens (tertiary/aromatic N) is 2. The number of hydrogen-bond donors (Lipinski definition) is 1. The van der Waals surface area contributed by atoms with Crippen LogP contribution in [0.4, 0.5) is 11.4 Å². The van der Waals surface area contributed by atoms with Crippen molar-refractivity contribution in [2.75, 3.05) is 24.8 Å². The molecule has 5 nitrogen and oxygen atoms in total. The van der Waals surface area contributed by atoms with E-state index >= 15 is 0 Å². The molecule has 0 bridgehead atoms. The van der Waals surface area contributed by atoms with Crippen LogP contribution in [0, 0.1) is 0 Å². The Bertz CT molecular complexity index is 584. The van der Waals surface area contributed by atoms with Gasteiger partial charge in [0.15, 0.2) is 0 Å². The molecule has 0 spiro atoms. The Morgan fingerprint density at radius 2 is 1.95 bits per heavy atom. The van der Waals surface area contributed by atoms with Gasteiger partial charge in [-0.2, -0.15) is 0 Å². The average molecular weight is 257 g/mol. The lowest BCUT2D eigenvalue weighted by molar-refractivity contribution is 0.0992. The van der Waals surface area contributed by atoms with Crippen LogP contribution in [-0.4, -0.2) is 25.0 Å². The summed E-state index contributed by atoms with van der Waals surface area (Å²) < 4.78 is 5.11. The van der Waals surface area contributed by atoms with E-state index in [-0.39, 0.29) is 5.91 Å². The summed E-state index contributed by atoms with van der Waals surface area (Å²) in [6.45, 7) is 0. The van der Waals surface area contributed by atoms with E-state index < -0.39 is 0 Å². The fourth-order valence-corrected chi connectivity index (χ4v) is 1.74. The summed E-state index contributed by atoms with van der Waals surface area (Å²) in [7, 11) is 3.24. The molecule has 0 saturated carbocycles. The summed E-state index contributed by atoms with van der Waals surface area (Å²) in [5.41, 5.74) is 7.49. The number of aromatic nitrogens is 1. The van der Waals surface area contributed by atoms with Crippen LogP contribution in [-0.2, 0) is 0 Å². The molecule has 2 N–H and O–H groups in total. The van der Waals surface area contributed by atoms with Crippen molar-refractivity contribution in [1.29, 1.82) is 0 Å². The van der Waals surface area contributed by atoms with Gasteiger partial charge in [0, 0.05) is 42.4 Å². The van der Waals surface area contributed by atoms with Gasteiger partial charge in [0.25, 0.3) is 5.91 Å². The molecular formula is C14H15N3O2. The van der Waals surface area contributed by atoms with E-state index in [1.54, 1.807) is 49.8 Å². The van der Waals surface area contributed by atoms with E-state index in [2.05, 4.69) is 4.98 Å². The topological polar surface area (TPSA) is 68.5 Å². The van der Waals surface area contributed by atoms with E-state index in [0.717, 1.165) is 5.69 Å². The number of anilines is 2. The predicted molar refractivity (Wildman–Crippen MR) is 74.4 cm³/mol. The lowest BCUT2D eigenvalue weighted by atomic mass is 10.1.